The molecule has 15 heavy (non-hydrogen) atoms. The number of nitrogens with zero attached hydrogens (tertiary/aromatic N) is 1. The van der Waals surface area contributed by atoms with E-state index in [1.165, 1.54) is 12.1 Å². The standard InChI is InChI=1S/C10H12N2O3/c1-2-5-15-10-4-3-9(12(13)14)6-8(10)7-11/h2-4,6H,1,5,7,11H2. The van der Waals surface area contributed by atoms with Crippen LogP contribution in [0, 0.1) is 10.1 Å². The molecular weight excluding hydrogens is 196 g/mol. The summed E-state index contributed by atoms with van der Waals surface area (Å²) in [5, 5.41) is 10.5. The van der Waals surface area contributed by atoms with E-state index in [0.717, 1.165) is 0 Å². The minimum absolute atomic E-state index is 0.0152. The van der Waals surface area contributed by atoms with Gasteiger partial charge in [0.1, 0.15) is 12.4 Å². The Bertz CT molecular complexity index is 377. The van der Waals surface area contributed by atoms with E-state index in [4.69, 9.17) is 10.5 Å². The van der Waals surface area contributed by atoms with Crippen LogP contribution >= 0.6 is 0 Å². The van der Waals surface area contributed by atoms with Crippen LogP contribution in [-0.4, -0.2) is 11.5 Å². The normalized spacial score (nSPS) is 9.67. The van der Waals surface area contributed by atoms with Crippen LogP contribution in [0.2, 0.25) is 0 Å². The summed E-state index contributed by atoms with van der Waals surface area (Å²) in [6.45, 7) is 4.07. The topological polar surface area (TPSA) is 78.4 Å². The predicted molar refractivity (Wildman–Crippen MR) is 56.7 cm³/mol. The van der Waals surface area contributed by atoms with Gasteiger partial charge in [0.25, 0.3) is 5.69 Å². The van der Waals surface area contributed by atoms with Gasteiger partial charge in [-0.3, -0.25) is 10.1 Å². The molecule has 80 valence electrons. The quantitative estimate of drug-likeness (QED) is 0.453. The van der Waals surface area contributed by atoms with Crippen LogP contribution in [0.5, 0.6) is 5.75 Å². The Morgan fingerprint density at radius 1 is 1.60 bits per heavy atom. The second-order valence-corrected chi connectivity index (χ2v) is 2.85. The molecule has 0 aliphatic carbocycles. The van der Waals surface area contributed by atoms with Gasteiger partial charge in [-0.15, -0.1) is 0 Å². The maximum absolute atomic E-state index is 10.5. The molecule has 1 aromatic rings. The first-order chi connectivity index (χ1) is 7.19. The van der Waals surface area contributed by atoms with E-state index in [0.29, 0.717) is 17.9 Å². The highest BCUT2D eigenvalue weighted by Gasteiger charge is 2.10. The molecule has 0 saturated heterocycles. The number of hydrogen-bond acceptors (Lipinski definition) is 4. The first-order valence-corrected chi connectivity index (χ1v) is 4.40. The van der Waals surface area contributed by atoms with Crippen LogP contribution in [0.3, 0.4) is 0 Å². The molecule has 2 N–H and O–H groups in total. The molecule has 1 aromatic carbocycles. The lowest BCUT2D eigenvalue weighted by Crippen LogP contribution is -2.03. The first-order valence-electron chi connectivity index (χ1n) is 4.40. The van der Waals surface area contributed by atoms with Crippen molar-refractivity contribution in [3.8, 4) is 5.75 Å². The third-order valence-corrected chi connectivity index (χ3v) is 1.83. The monoisotopic (exact) mass is 208 g/mol. The van der Waals surface area contributed by atoms with Crippen LogP contribution in [-0.2, 0) is 6.54 Å². The minimum Gasteiger partial charge on any atom is -0.489 e. The van der Waals surface area contributed by atoms with Gasteiger partial charge in [0.2, 0.25) is 0 Å². The molecule has 5 nitrogen and oxygen atoms in total. The van der Waals surface area contributed by atoms with Crippen molar-refractivity contribution in [2.75, 3.05) is 6.61 Å². The van der Waals surface area contributed by atoms with Crippen molar-refractivity contribution in [1.29, 1.82) is 0 Å². The second-order valence-electron chi connectivity index (χ2n) is 2.85. The van der Waals surface area contributed by atoms with Gasteiger partial charge in [0, 0.05) is 24.2 Å². The number of ether oxygens (including phenoxy) is 1. The highest BCUT2D eigenvalue weighted by molar-refractivity contribution is 5.43. The van der Waals surface area contributed by atoms with E-state index < -0.39 is 4.92 Å². The van der Waals surface area contributed by atoms with E-state index in [-0.39, 0.29) is 12.2 Å². The molecule has 0 aromatic heterocycles. The van der Waals surface area contributed by atoms with E-state index in [1.54, 1.807) is 12.1 Å². The fourth-order valence-corrected chi connectivity index (χ4v) is 1.13. The van der Waals surface area contributed by atoms with Gasteiger partial charge in [0.15, 0.2) is 0 Å². The predicted octanol–water partition coefficient (Wildman–Crippen LogP) is 1.62. The number of hydrogen-bond donors (Lipinski definition) is 1. The smallest absolute Gasteiger partial charge is 0.270 e. The largest absolute Gasteiger partial charge is 0.489 e. The molecule has 0 aliphatic rings. The van der Waals surface area contributed by atoms with E-state index >= 15 is 0 Å². The number of nitrogens with two attached hydrogens (primary N) is 1. The average Bonchev–Trinajstić information content (AvgIpc) is 2.25. The molecule has 0 unspecified atom stereocenters. The lowest BCUT2D eigenvalue weighted by atomic mass is 10.2. The van der Waals surface area contributed by atoms with Crippen LogP contribution in [0.4, 0.5) is 5.69 Å². The zero-order valence-electron chi connectivity index (χ0n) is 8.18. The van der Waals surface area contributed by atoms with Gasteiger partial charge in [-0.1, -0.05) is 12.7 Å². The molecule has 0 heterocycles. The summed E-state index contributed by atoms with van der Waals surface area (Å²) in [5.41, 5.74) is 6.09. The summed E-state index contributed by atoms with van der Waals surface area (Å²) in [7, 11) is 0. The van der Waals surface area contributed by atoms with Crippen LogP contribution in [0.15, 0.2) is 30.9 Å². The Kier molecular flexibility index (Phi) is 3.82. The van der Waals surface area contributed by atoms with Crippen LogP contribution in [0.1, 0.15) is 5.56 Å². The number of nitro groups is 1. The molecular formula is C10H12N2O3. The number of nitro benzene ring substituents is 1. The van der Waals surface area contributed by atoms with Crippen molar-refractivity contribution in [2.24, 2.45) is 5.73 Å². The van der Waals surface area contributed by atoms with Crippen molar-refractivity contribution in [2.45, 2.75) is 6.54 Å². The van der Waals surface area contributed by atoms with Crippen LogP contribution in [0.25, 0.3) is 0 Å². The second kappa shape index (κ2) is 5.11. The molecule has 0 fully saturated rings. The number of benzene rings is 1. The van der Waals surface area contributed by atoms with Gasteiger partial charge in [-0.05, 0) is 6.07 Å². The summed E-state index contributed by atoms with van der Waals surface area (Å²) in [4.78, 5) is 10.0. The van der Waals surface area contributed by atoms with Crippen molar-refractivity contribution in [1.82, 2.24) is 0 Å². The Morgan fingerprint density at radius 3 is 2.87 bits per heavy atom. The highest BCUT2D eigenvalue weighted by atomic mass is 16.6. The Balaban J connectivity index is 2.97. The zero-order chi connectivity index (χ0) is 11.3. The van der Waals surface area contributed by atoms with E-state index in [2.05, 4.69) is 6.58 Å². The highest BCUT2D eigenvalue weighted by Crippen LogP contribution is 2.23. The Hall–Kier alpha value is -1.88. The van der Waals surface area contributed by atoms with Gasteiger partial charge in [-0.2, -0.15) is 0 Å². The lowest BCUT2D eigenvalue weighted by molar-refractivity contribution is -0.384. The lowest BCUT2D eigenvalue weighted by Gasteiger charge is -2.07. The van der Waals surface area contributed by atoms with Crippen molar-refractivity contribution in [3.63, 3.8) is 0 Å². The fraction of sp³-hybridized carbons (Fsp3) is 0.200. The third kappa shape index (κ3) is 2.78. The third-order valence-electron chi connectivity index (χ3n) is 1.83. The SMILES string of the molecule is C=CCOc1ccc([N+](=O)[O-])cc1CN. The molecule has 0 saturated carbocycles. The summed E-state index contributed by atoms with van der Waals surface area (Å²) in [6, 6.07) is 4.35. The molecule has 0 bridgehead atoms. The van der Waals surface area contributed by atoms with Gasteiger partial charge in [0.05, 0.1) is 4.92 Å². The van der Waals surface area contributed by atoms with Crippen LogP contribution < -0.4 is 10.5 Å². The summed E-state index contributed by atoms with van der Waals surface area (Å²) in [5.74, 6) is 0.558. The maximum Gasteiger partial charge on any atom is 0.270 e. The summed E-state index contributed by atoms with van der Waals surface area (Å²) < 4.78 is 5.29. The van der Waals surface area contributed by atoms with E-state index in [1.807, 2.05) is 0 Å². The Morgan fingerprint density at radius 2 is 2.33 bits per heavy atom. The first kappa shape index (κ1) is 11.2. The summed E-state index contributed by atoms with van der Waals surface area (Å²) in [6.07, 6.45) is 1.60. The van der Waals surface area contributed by atoms with Gasteiger partial charge < -0.3 is 10.5 Å². The van der Waals surface area contributed by atoms with Crippen molar-refractivity contribution in [3.05, 3.63) is 46.5 Å². The zero-order valence-corrected chi connectivity index (χ0v) is 8.18. The minimum atomic E-state index is -0.462. The molecule has 0 radical (unpaired) electrons. The molecule has 0 atom stereocenters. The molecule has 0 spiro atoms. The van der Waals surface area contributed by atoms with Gasteiger partial charge in [-0.25, -0.2) is 0 Å². The molecule has 0 aliphatic heterocycles. The van der Waals surface area contributed by atoms with E-state index in [9.17, 15) is 10.1 Å². The van der Waals surface area contributed by atoms with Gasteiger partial charge >= 0.3 is 0 Å². The number of rotatable bonds is 5. The number of non-ortho nitro benzene ring substituents is 1. The van der Waals surface area contributed by atoms with Crippen molar-refractivity contribution >= 4 is 5.69 Å². The molecule has 0 amide bonds. The molecule has 5 heteroatoms. The average molecular weight is 208 g/mol. The fourth-order valence-electron chi connectivity index (χ4n) is 1.13. The Labute approximate surface area is 87.3 Å². The van der Waals surface area contributed by atoms with Crippen molar-refractivity contribution < 1.29 is 9.66 Å². The summed E-state index contributed by atoms with van der Waals surface area (Å²) >= 11 is 0. The molecule has 1 rings (SSSR count). The maximum atomic E-state index is 10.5.